The zero-order valence-electron chi connectivity index (χ0n) is 21.9. The number of hydrogen-bond acceptors (Lipinski definition) is 14. The van der Waals surface area contributed by atoms with E-state index in [-0.39, 0.29) is 40.6 Å². The summed E-state index contributed by atoms with van der Waals surface area (Å²) in [6.07, 6.45) is -13.1. The van der Waals surface area contributed by atoms with Crippen molar-refractivity contribution >= 4 is 11.0 Å². The van der Waals surface area contributed by atoms with Gasteiger partial charge in [-0.05, 0) is 31.2 Å². The number of hydrogen-bond donors (Lipinski definition) is 7. The Morgan fingerprint density at radius 1 is 0.878 bits per heavy atom. The number of aromatic hydroxyl groups is 2. The van der Waals surface area contributed by atoms with Crippen LogP contribution in [0.4, 0.5) is 0 Å². The number of ether oxygens (including phenoxy) is 5. The Kier molecular flexibility index (Phi) is 8.09. The van der Waals surface area contributed by atoms with Crippen molar-refractivity contribution < 1.29 is 63.8 Å². The summed E-state index contributed by atoms with van der Waals surface area (Å²) in [5.41, 5.74) is -0.157. The Labute approximate surface area is 232 Å². The molecular weight excluding hydrogens is 548 g/mol. The summed E-state index contributed by atoms with van der Waals surface area (Å²) in [5.74, 6) is -0.904. The molecule has 2 aliphatic heterocycles. The summed E-state index contributed by atoms with van der Waals surface area (Å²) >= 11 is 0. The van der Waals surface area contributed by atoms with Gasteiger partial charge >= 0.3 is 0 Å². The van der Waals surface area contributed by atoms with Gasteiger partial charge in [-0.2, -0.15) is 0 Å². The summed E-state index contributed by atoms with van der Waals surface area (Å²) in [6.45, 7) is 1.08. The molecule has 3 unspecified atom stereocenters. The average molecular weight is 579 g/mol. The molecule has 7 N–H and O–H groups in total. The van der Waals surface area contributed by atoms with Gasteiger partial charge in [0.25, 0.3) is 0 Å². The third kappa shape index (κ3) is 5.43. The first-order valence-corrected chi connectivity index (χ1v) is 12.7. The Hall–Kier alpha value is -3.47. The van der Waals surface area contributed by atoms with E-state index in [0.717, 1.165) is 6.07 Å². The summed E-state index contributed by atoms with van der Waals surface area (Å²) in [4.78, 5) is 13.0. The maximum absolute atomic E-state index is 13.0. The van der Waals surface area contributed by atoms with Crippen LogP contribution in [0.2, 0.25) is 0 Å². The first kappa shape index (κ1) is 29.0. The van der Waals surface area contributed by atoms with E-state index < -0.39 is 66.5 Å². The van der Waals surface area contributed by atoms with Gasteiger partial charge in [0.05, 0.1) is 19.8 Å². The van der Waals surface area contributed by atoms with Gasteiger partial charge in [0.1, 0.15) is 59.1 Å². The first-order chi connectivity index (χ1) is 19.5. The maximum Gasteiger partial charge on any atom is 0.229 e. The number of benzene rings is 2. The molecule has 14 heteroatoms. The molecule has 0 aliphatic carbocycles. The minimum Gasteiger partial charge on any atom is -0.508 e. The number of aliphatic hydroxyl groups excluding tert-OH is 5. The van der Waals surface area contributed by atoms with Crippen LogP contribution in [-0.4, -0.2) is 105 Å². The van der Waals surface area contributed by atoms with E-state index in [0.29, 0.717) is 5.56 Å². The Morgan fingerprint density at radius 2 is 1.56 bits per heavy atom. The molecule has 0 saturated carbocycles. The second-order valence-electron chi connectivity index (χ2n) is 9.81. The molecule has 2 saturated heterocycles. The molecule has 0 bridgehead atoms. The largest absolute Gasteiger partial charge is 0.508 e. The van der Waals surface area contributed by atoms with Crippen molar-refractivity contribution in [1.82, 2.24) is 0 Å². The van der Waals surface area contributed by atoms with Crippen LogP contribution in [0.25, 0.3) is 22.3 Å². The van der Waals surface area contributed by atoms with Crippen molar-refractivity contribution in [2.45, 2.75) is 62.2 Å². The molecule has 1 aromatic heterocycles. The van der Waals surface area contributed by atoms with Gasteiger partial charge in [0.15, 0.2) is 23.2 Å². The van der Waals surface area contributed by atoms with Crippen molar-refractivity contribution in [1.29, 1.82) is 0 Å². The lowest BCUT2D eigenvalue weighted by Crippen LogP contribution is -2.61. The standard InChI is InChI=1S/C27H30O14/c1-10-19(30)22(33)24(35)27(38-10)40-17-9-37-26(23(34)20(17)31)41-25-16(36-2)8-15-18(21(25)32)13(29)7-14(39-15)11-3-5-12(28)6-4-11/h3-8,10,17,19-20,22-24,26-28,30-35H,9H2,1-2H3/t10?,17-,19+,20+,22?,23?,24+,26+,27+/m1/s1. The molecule has 2 aromatic carbocycles. The fourth-order valence-electron chi connectivity index (χ4n) is 4.70. The van der Waals surface area contributed by atoms with Crippen molar-refractivity contribution in [3.63, 3.8) is 0 Å². The second kappa shape index (κ2) is 11.4. The fraction of sp³-hybridized carbons (Fsp3) is 0.444. The smallest absolute Gasteiger partial charge is 0.229 e. The molecule has 3 heterocycles. The Bertz CT molecular complexity index is 1440. The van der Waals surface area contributed by atoms with E-state index in [9.17, 15) is 40.5 Å². The SMILES string of the molecule is COc1cc2oc(-c3ccc(O)cc3)cc(=O)c2c(O)c1O[C@@H]1OC[C@@H](O[C@@H]2OC(C)[C@H](O)C(O)[C@@H]2O)[C@H](O)C1O. The van der Waals surface area contributed by atoms with Gasteiger partial charge in [0.2, 0.25) is 12.0 Å². The number of methoxy groups -OCH3 is 1. The molecule has 0 amide bonds. The highest BCUT2D eigenvalue weighted by atomic mass is 16.7. The molecular formula is C27H30O14. The van der Waals surface area contributed by atoms with E-state index in [4.69, 9.17) is 28.1 Å². The maximum atomic E-state index is 13.0. The number of aliphatic hydroxyl groups is 5. The highest BCUT2D eigenvalue weighted by Gasteiger charge is 2.47. The first-order valence-electron chi connectivity index (χ1n) is 12.7. The lowest BCUT2D eigenvalue weighted by Gasteiger charge is -2.43. The van der Waals surface area contributed by atoms with Crippen molar-refractivity contribution in [2.75, 3.05) is 13.7 Å². The molecule has 3 aromatic rings. The van der Waals surface area contributed by atoms with Crippen LogP contribution in [0.5, 0.6) is 23.0 Å². The Balaban J connectivity index is 1.36. The lowest BCUT2D eigenvalue weighted by molar-refractivity contribution is -0.333. The predicted molar refractivity (Wildman–Crippen MR) is 137 cm³/mol. The zero-order chi connectivity index (χ0) is 29.6. The van der Waals surface area contributed by atoms with Crippen LogP contribution in [0.3, 0.4) is 0 Å². The highest BCUT2D eigenvalue weighted by molar-refractivity contribution is 5.89. The fourth-order valence-corrected chi connectivity index (χ4v) is 4.70. The number of rotatable bonds is 6. The van der Waals surface area contributed by atoms with E-state index in [1.807, 2.05) is 0 Å². The van der Waals surface area contributed by atoms with Crippen LogP contribution in [0, 0.1) is 0 Å². The molecule has 222 valence electrons. The van der Waals surface area contributed by atoms with E-state index in [2.05, 4.69) is 0 Å². The molecule has 14 nitrogen and oxygen atoms in total. The van der Waals surface area contributed by atoms with Gasteiger partial charge < -0.3 is 63.8 Å². The van der Waals surface area contributed by atoms with Crippen molar-refractivity contribution in [3.05, 3.63) is 46.6 Å². The summed E-state index contributed by atoms with van der Waals surface area (Å²) in [6, 6.07) is 8.40. The van der Waals surface area contributed by atoms with Gasteiger partial charge in [-0.15, -0.1) is 0 Å². The number of phenolic OH excluding ortho intramolecular Hbond substituents is 2. The minimum absolute atomic E-state index is 0.0289. The number of phenols is 2. The summed E-state index contributed by atoms with van der Waals surface area (Å²) in [5, 5.41) is 71.7. The van der Waals surface area contributed by atoms with Crippen LogP contribution in [0.1, 0.15) is 6.92 Å². The van der Waals surface area contributed by atoms with Gasteiger partial charge in [-0.25, -0.2) is 0 Å². The second-order valence-corrected chi connectivity index (χ2v) is 9.81. The molecule has 9 atom stereocenters. The van der Waals surface area contributed by atoms with E-state index in [1.165, 1.54) is 32.2 Å². The molecule has 2 fully saturated rings. The molecule has 0 radical (unpaired) electrons. The summed E-state index contributed by atoms with van der Waals surface area (Å²) in [7, 11) is 1.27. The van der Waals surface area contributed by atoms with Gasteiger partial charge in [-0.1, -0.05) is 0 Å². The molecule has 5 rings (SSSR count). The third-order valence-electron chi connectivity index (χ3n) is 7.07. The quantitative estimate of drug-likeness (QED) is 0.197. The van der Waals surface area contributed by atoms with Gasteiger partial charge in [-0.3, -0.25) is 4.79 Å². The van der Waals surface area contributed by atoms with E-state index in [1.54, 1.807) is 12.1 Å². The monoisotopic (exact) mass is 578 g/mol. The average Bonchev–Trinajstić information content (AvgIpc) is 2.95. The minimum atomic E-state index is -1.75. The van der Waals surface area contributed by atoms with Gasteiger partial charge in [0, 0.05) is 17.7 Å². The predicted octanol–water partition coefficient (Wildman–Crippen LogP) is -0.451. The molecule has 41 heavy (non-hydrogen) atoms. The highest BCUT2D eigenvalue weighted by Crippen LogP contribution is 2.43. The number of fused-ring (bicyclic) bond motifs is 1. The van der Waals surface area contributed by atoms with Crippen LogP contribution < -0.4 is 14.9 Å². The molecule has 0 spiro atoms. The topological polar surface area (TPSA) is 218 Å². The van der Waals surface area contributed by atoms with Crippen molar-refractivity contribution in [3.8, 4) is 34.3 Å². The summed E-state index contributed by atoms with van der Waals surface area (Å²) < 4.78 is 33.2. The van der Waals surface area contributed by atoms with Crippen LogP contribution in [-0.2, 0) is 14.2 Å². The lowest BCUT2D eigenvalue weighted by atomic mass is 9.99. The molecule has 2 aliphatic rings. The van der Waals surface area contributed by atoms with Crippen LogP contribution in [0.15, 0.2) is 45.6 Å². The third-order valence-corrected chi connectivity index (χ3v) is 7.07. The van der Waals surface area contributed by atoms with Crippen molar-refractivity contribution in [2.24, 2.45) is 0 Å². The Morgan fingerprint density at radius 3 is 2.24 bits per heavy atom. The normalized spacial score (nSPS) is 32.1. The van der Waals surface area contributed by atoms with E-state index >= 15 is 0 Å². The van der Waals surface area contributed by atoms with Crippen LogP contribution >= 0.6 is 0 Å². The zero-order valence-corrected chi connectivity index (χ0v) is 21.9.